The van der Waals surface area contributed by atoms with Crippen molar-refractivity contribution in [2.45, 2.75) is 18.7 Å². The zero-order valence-electron chi connectivity index (χ0n) is 30.2. The number of para-hydroxylation sites is 1. The molecule has 16 nitrogen and oxygen atoms in total. The number of benzene rings is 5. The number of rotatable bonds is 10. The number of nitrogens with one attached hydrogen (secondary N) is 1. The van der Waals surface area contributed by atoms with Gasteiger partial charge in [-0.1, -0.05) is 68.1 Å². The maximum absolute atomic E-state index is 12.5. The molecular weight excluding hydrogens is 798 g/mol. The number of carboxylic acid groups (broad SMARTS) is 1. The van der Waals surface area contributed by atoms with Crippen LogP contribution in [-0.4, -0.2) is 59.9 Å². The van der Waals surface area contributed by atoms with Crippen LogP contribution in [0.25, 0.3) is 16.5 Å². The number of aromatic nitrogens is 2. The number of fused-ring (bicyclic) bond motifs is 1. The zero-order chi connectivity index (χ0) is 39.2. The summed E-state index contributed by atoms with van der Waals surface area (Å²) in [4.78, 5) is 23.6. The molecule has 0 saturated carbocycles. The molecule has 0 aliphatic heterocycles. The number of carboxylic acids is 1. The van der Waals surface area contributed by atoms with E-state index in [0.717, 1.165) is 6.26 Å². The number of sulfonamides is 1. The van der Waals surface area contributed by atoms with Crippen molar-refractivity contribution in [3.05, 3.63) is 125 Å². The van der Waals surface area contributed by atoms with E-state index in [1.165, 1.54) is 54.1 Å². The summed E-state index contributed by atoms with van der Waals surface area (Å²) in [6.07, 6.45) is 0.994. The van der Waals surface area contributed by atoms with Gasteiger partial charge in [-0.2, -0.15) is 5.11 Å². The quantitative estimate of drug-likeness (QED) is 0.0871. The van der Waals surface area contributed by atoms with Gasteiger partial charge in [-0.3, -0.25) is 4.72 Å². The third-order valence-electron chi connectivity index (χ3n) is 7.62. The normalized spacial score (nSPS) is 11.4. The van der Waals surface area contributed by atoms with E-state index in [-0.39, 0.29) is 92.4 Å². The van der Waals surface area contributed by atoms with Gasteiger partial charge in [0.25, 0.3) is 0 Å². The van der Waals surface area contributed by atoms with Crippen LogP contribution in [0.3, 0.4) is 0 Å². The SMILES string of the molecule is CCS(=O)(=O)c1ccc(O)c(N=Nc2c(O)ccc3cccc(NS(C)(=O)=O)c23)c1.Cc1nn(-c2ccccc2)c(=O)[c-]1N=Nc1ccccc1C(=O)O.[Cr].[Li+]. The fraction of sp³-hybridized carbons (Fsp3) is 0.111. The van der Waals surface area contributed by atoms with Gasteiger partial charge >= 0.3 is 24.8 Å². The molecule has 0 atom stereocenters. The van der Waals surface area contributed by atoms with Crippen LogP contribution in [0.1, 0.15) is 23.0 Å². The first-order valence-corrected chi connectivity index (χ1v) is 19.4. The summed E-state index contributed by atoms with van der Waals surface area (Å²) in [5, 5.41) is 50.3. The molecule has 1 heterocycles. The van der Waals surface area contributed by atoms with Crippen LogP contribution >= 0.6 is 0 Å². The van der Waals surface area contributed by atoms with Crippen molar-refractivity contribution in [1.82, 2.24) is 9.78 Å². The number of aryl methyl sites for hydroxylation is 1. The van der Waals surface area contributed by atoms with Gasteiger partial charge in [0.05, 0.1) is 39.5 Å². The monoisotopic (exact) mass is 829 g/mol. The first kappa shape index (κ1) is 44.9. The standard InChI is InChI=1S/C19H19N3O6S2.C17H13N4O3.Cr.Li/c1-3-30(27,28)13-8-10-16(23)15(11-13)20-21-19-17(24)9-7-12-5-4-6-14(18(12)19)22-29(2,25)26;1-11-15(16(22)21(20-11)12-7-3-2-4-8-12)19-18-14-10-6-5-9-13(14)17(23)24;;/h4-11,22-24H,3H2,1-2H3;2-10H,1H3,(H,23,24);;/q;-1;;+1. The Balaban J connectivity index is 0.000000296. The minimum Gasteiger partial charge on any atom is -0.506 e. The second-order valence-corrected chi connectivity index (χ2v) is 15.5. The second-order valence-electron chi connectivity index (χ2n) is 11.5. The number of hydrogen-bond acceptors (Lipinski definition) is 13. The Bertz CT molecular complexity index is 2720. The van der Waals surface area contributed by atoms with Crippen LogP contribution in [0.5, 0.6) is 11.5 Å². The Morgan fingerprint density at radius 1 is 0.839 bits per heavy atom. The van der Waals surface area contributed by atoms with Crippen molar-refractivity contribution in [3.63, 3.8) is 0 Å². The molecule has 4 N–H and O–H groups in total. The molecule has 0 radical (unpaired) electrons. The molecule has 0 aliphatic carbocycles. The molecule has 6 rings (SSSR count). The number of aromatic hydroxyl groups is 2. The second kappa shape index (κ2) is 18.9. The first-order valence-electron chi connectivity index (χ1n) is 15.9. The van der Waals surface area contributed by atoms with Gasteiger partial charge in [0.1, 0.15) is 28.4 Å². The van der Waals surface area contributed by atoms with E-state index in [4.69, 9.17) is 5.11 Å². The number of anilines is 1. The predicted molar refractivity (Wildman–Crippen MR) is 202 cm³/mol. The van der Waals surface area contributed by atoms with Crippen molar-refractivity contribution < 1.29 is 73.2 Å². The third kappa shape index (κ3) is 10.6. The number of nitrogens with zero attached hydrogens (tertiary/aromatic N) is 6. The van der Waals surface area contributed by atoms with E-state index in [0.29, 0.717) is 22.2 Å². The summed E-state index contributed by atoms with van der Waals surface area (Å²) in [6, 6.07) is 26.6. The third-order valence-corrected chi connectivity index (χ3v) is 9.94. The number of carbonyl (C=O) groups is 1. The summed E-state index contributed by atoms with van der Waals surface area (Å²) >= 11 is 0. The summed E-state index contributed by atoms with van der Waals surface area (Å²) < 4.78 is 51.2. The number of phenols is 2. The molecule has 0 spiro atoms. The molecule has 1 aromatic heterocycles. The van der Waals surface area contributed by atoms with E-state index in [9.17, 15) is 36.6 Å². The Labute approximate surface area is 343 Å². The number of aromatic carboxylic acids is 1. The summed E-state index contributed by atoms with van der Waals surface area (Å²) in [5.41, 5.74) is 0.939. The van der Waals surface area contributed by atoms with Crippen LogP contribution in [0.15, 0.2) is 133 Å². The Morgan fingerprint density at radius 3 is 2.16 bits per heavy atom. The number of sulfone groups is 1. The van der Waals surface area contributed by atoms with E-state index in [2.05, 4.69) is 30.3 Å². The minimum absolute atomic E-state index is 0. The van der Waals surface area contributed by atoms with E-state index in [1.807, 2.05) is 6.07 Å². The maximum atomic E-state index is 12.5. The summed E-state index contributed by atoms with van der Waals surface area (Å²) in [7, 11) is -7.14. The van der Waals surface area contributed by atoms with Gasteiger partial charge in [-0.25, -0.2) is 31.4 Å². The molecule has 6 aromatic rings. The fourth-order valence-electron chi connectivity index (χ4n) is 4.99. The van der Waals surface area contributed by atoms with Gasteiger partial charge in [-0.15, -0.1) is 15.9 Å². The van der Waals surface area contributed by atoms with Crippen molar-refractivity contribution in [2.75, 3.05) is 16.7 Å². The smallest absolute Gasteiger partial charge is 0.506 e. The maximum Gasteiger partial charge on any atom is 1.00 e. The van der Waals surface area contributed by atoms with Crippen LogP contribution < -0.4 is 29.1 Å². The molecule has 0 bridgehead atoms. The van der Waals surface area contributed by atoms with Crippen LogP contribution in [0.4, 0.5) is 28.4 Å². The number of hydrogen-bond donors (Lipinski definition) is 4. The van der Waals surface area contributed by atoms with Crippen LogP contribution in [-0.2, 0) is 37.2 Å². The molecule has 284 valence electrons. The average molecular weight is 830 g/mol. The Kier molecular flexibility index (Phi) is 15.1. The first-order chi connectivity index (χ1) is 25.6. The summed E-state index contributed by atoms with van der Waals surface area (Å²) in [6.45, 7) is 3.14. The molecule has 0 saturated heterocycles. The topological polar surface area (TPSA) is 242 Å². The van der Waals surface area contributed by atoms with Gasteiger partial charge in [-0.05, 0) is 60.0 Å². The molecular formula is C36H32CrLiN7O9S2. The average Bonchev–Trinajstić information content (AvgIpc) is 3.43. The summed E-state index contributed by atoms with van der Waals surface area (Å²) in [5.74, 6) is -1.81. The van der Waals surface area contributed by atoms with Gasteiger partial charge in [0.2, 0.25) is 10.0 Å². The Hall–Kier alpha value is -5.53. The van der Waals surface area contributed by atoms with E-state index in [1.54, 1.807) is 61.5 Å². The van der Waals surface area contributed by atoms with Gasteiger partial charge in [0.15, 0.2) is 9.84 Å². The molecule has 0 unspecified atom stereocenters. The number of azo groups is 2. The largest absolute Gasteiger partial charge is 1.00 e. The van der Waals surface area contributed by atoms with Gasteiger partial charge < -0.3 is 25.2 Å². The van der Waals surface area contributed by atoms with Crippen LogP contribution in [0, 0.1) is 6.92 Å². The van der Waals surface area contributed by atoms with Crippen molar-refractivity contribution in [1.29, 1.82) is 0 Å². The zero-order valence-corrected chi connectivity index (χ0v) is 33.1. The Morgan fingerprint density at radius 2 is 1.50 bits per heavy atom. The van der Waals surface area contributed by atoms with Gasteiger partial charge in [0, 0.05) is 22.7 Å². The van der Waals surface area contributed by atoms with Crippen molar-refractivity contribution in [2.24, 2.45) is 20.5 Å². The minimum atomic E-state index is -3.61. The molecule has 0 amide bonds. The molecule has 0 fully saturated rings. The number of phenolic OH excluding ortho intramolecular Hbond substituents is 2. The van der Waals surface area contributed by atoms with Crippen LogP contribution in [0.2, 0.25) is 0 Å². The van der Waals surface area contributed by atoms with E-state index < -0.39 is 31.4 Å². The predicted octanol–water partition coefficient (Wildman–Crippen LogP) is 4.21. The molecule has 20 heteroatoms. The molecule has 56 heavy (non-hydrogen) atoms. The van der Waals surface area contributed by atoms with Crippen molar-refractivity contribution in [3.8, 4) is 17.2 Å². The van der Waals surface area contributed by atoms with Crippen molar-refractivity contribution >= 4 is 65.0 Å². The fourth-order valence-corrected chi connectivity index (χ4v) is 6.45. The molecule has 0 aliphatic rings. The molecule has 5 aromatic carbocycles. The van der Waals surface area contributed by atoms with E-state index >= 15 is 0 Å².